The number of aromatic nitrogens is 2. The Bertz CT molecular complexity index is 1200. The average Bonchev–Trinajstić information content (AvgIpc) is 3.46. The number of thiophene rings is 1. The molecule has 0 radical (unpaired) electrons. The van der Waals surface area contributed by atoms with Crippen LogP contribution < -0.4 is 25.3 Å². The first-order chi connectivity index (χ1) is 14.9. The Morgan fingerprint density at radius 3 is 2.32 bits per heavy atom. The summed E-state index contributed by atoms with van der Waals surface area (Å²) in [7, 11) is 4.70. The maximum Gasteiger partial charge on any atom is 0.203 e. The van der Waals surface area contributed by atoms with Gasteiger partial charge in [0.1, 0.15) is 20.0 Å². The Hall–Kier alpha value is -2.05. The number of thiazole rings is 2. The van der Waals surface area contributed by atoms with Crippen LogP contribution >= 0.6 is 61.5 Å². The summed E-state index contributed by atoms with van der Waals surface area (Å²) in [6.45, 7) is 0. The van der Waals surface area contributed by atoms with Crippen molar-refractivity contribution < 1.29 is 14.2 Å². The van der Waals surface area contributed by atoms with Crippen molar-refractivity contribution in [2.75, 3.05) is 32.4 Å². The third kappa shape index (κ3) is 4.46. The second kappa shape index (κ2) is 9.21. The summed E-state index contributed by atoms with van der Waals surface area (Å²) in [5, 5.41) is 6.65. The van der Waals surface area contributed by atoms with Gasteiger partial charge in [0.15, 0.2) is 16.6 Å². The molecule has 3 heterocycles. The smallest absolute Gasteiger partial charge is 0.203 e. The number of methoxy groups -OCH3 is 3. The predicted molar refractivity (Wildman–Crippen MR) is 133 cm³/mol. The summed E-state index contributed by atoms with van der Waals surface area (Å²) in [6, 6.07) is 5.57. The number of halogens is 2. The Morgan fingerprint density at radius 2 is 1.74 bits per heavy atom. The van der Waals surface area contributed by atoms with Crippen molar-refractivity contribution in [2.24, 2.45) is 0 Å². The summed E-state index contributed by atoms with van der Waals surface area (Å²) in [5.41, 5.74) is 7.77. The van der Waals surface area contributed by atoms with E-state index in [9.17, 15) is 0 Å². The fraction of sp³-hybridized carbons (Fsp3) is 0.158. The summed E-state index contributed by atoms with van der Waals surface area (Å²) in [5.74, 6) is 2.01. The van der Waals surface area contributed by atoms with Gasteiger partial charge in [0.2, 0.25) is 5.75 Å². The van der Waals surface area contributed by atoms with Gasteiger partial charge in [-0.2, -0.15) is 0 Å². The Labute approximate surface area is 203 Å². The van der Waals surface area contributed by atoms with Crippen molar-refractivity contribution >= 4 is 78.2 Å². The number of hydrogen-bond acceptors (Lipinski definition) is 10. The van der Waals surface area contributed by atoms with Gasteiger partial charge in [0, 0.05) is 27.7 Å². The van der Waals surface area contributed by atoms with E-state index < -0.39 is 0 Å². The maximum absolute atomic E-state index is 6.19. The summed E-state index contributed by atoms with van der Waals surface area (Å²) >= 11 is 14.0. The maximum atomic E-state index is 6.19. The van der Waals surface area contributed by atoms with Gasteiger partial charge >= 0.3 is 0 Å². The number of nitrogens with one attached hydrogen (secondary N) is 1. The van der Waals surface area contributed by atoms with Gasteiger partial charge in [0.05, 0.1) is 31.9 Å². The second-order valence-electron chi connectivity index (χ2n) is 6.04. The molecule has 1 aromatic carbocycles. The zero-order valence-corrected chi connectivity index (χ0v) is 21.3. The third-order valence-electron chi connectivity index (χ3n) is 4.17. The molecule has 0 aliphatic rings. The molecule has 0 aliphatic carbocycles. The van der Waals surface area contributed by atoms with Crippen LogP contribution in [0.3, 0.4) is 0 Å². The van der Waals surface area contributed by atoms with Crippen molar-refractivity contribution in [1.29, 1.82) is 0 Å². The van der Waals surface area contributed by atoms with Gasteiger partial charge in [-0.1, -0.05) is 22.9 Å². The number of nitrogens with two attached hydrogens (primary N) is 1. The molecule has 0 saturated carbocycles. The van der Waals surface area contributed by atoms with Gasteiger partial charge in [-0.25, -0.2) is 9.97 Å². The van der Waals surface area contributed by atoms with Crippen LogP contribution in [-0.2, 0) is 0 Å². The lowest BCUT2D eigenvalue weighted by atomic mass is 10.2. The van der Waals surface area contributed by atoms with Gasteiger partial charge in [-0.3, -0.25) is 0 Å². The zero-order chi connectivity index (χ0) is 22.1. The molecule has 0 atom stereocenters. The molecule has 7 nitrogen and oxygen atoms in total. The molecule has 4 rings (SSSR count). The van der Waals surface area contributed by atoms with Gasteiger partial charge in [-0.15, -0.1) is 22.7 Å². The van der Waals surface area contributed by atoms with E-state index in [0.717, 1.165) is 30.6 Å². The Morgan fingerprint density at radius 1 is 1.03 bits per heavy atom. The second-order valence-corrected chi connectivity index (χ2v) is 10.4. The fourth-order valence-electron chi connectivity index (χ4n) is 2.78. The lowest BCUT2D eigenvalue weighted by Gasteiger charge is -2.14. The lowest BCUT2D eigenvalue weighted by Crippen LogP contribution is -1.97. The van der Waals surface area contributed by atoms with Crippen molar-refractivity contribution in [2.45, 2.75) is 0 Å². The highest BCUT2D eigenvalue weighted by Gasteiger charge is 2.18. The topological polar surface area (TPSA) is 91.5 Å². The molecular weight excluding hydrogens is 544 g/mol. The molecule has 12 heteroatoms. The third-order valence-corrected chi connectivity index (χ3v) is 8.64. The van der Waals surface area contributed by atoms with E-state index >= 15 is 0 Å². The van der Waals surface area contributed by atoms with E-state index in [4.69, 9.17) is 36.5 Å². The molecule has 0 amide bonds. The molecule has 31 heavy (non-hydrogen) atoms. The van der Waals surface area contributed by atoms with Crippen molar-refractivity contribution in [3.05, 3.63) is 32.4 Å². The van der Waals surface area contributed by atoms with Crippen LogP contribution in [-0.4, -0.2) is 31.3 Å². The van der Waals surface area contributed by atoms with Crippen LogP contribution in [0.2, 0.25) is 4.34 Å². The minimum absolute atomic E-state index is 0.409. The van der Waals surface area contributed by atoms with Crippen molar-refractivity contribution in [1.82, 2.24) is 9.97 Å². The molecular formula is C19H16BrClN4O3S3. The minimum atomic E-state index is 0.409. The van der Waals surface area contributed by atoms with Gasteiger partial charge in [-0.05, 0) is 22.0 Å². The molecule has 0 fully saturated rings. The molecule has 3 N–H and O–H groups in total. The molecule has 0 saturated heterocycles. The van der Waals surface area contributed by atoms with Gasteiger partial charge in [0.25, 0.3) is 0 Å². The van der Waals surface area contributed by atoms with Gasteiger partial charge < -0.3 is 25.3 Å². The number of hydrogen-bond donors (Lipinski definition) is 2. The van der Waals surface area contributed by atoms with Crippen molar-refractivity contribution in [3.8, 4) is 37.7 Å². The van der Waals surface area contributed by atoms with E-state index in [1.54, 1.807) is 33.5 Å². The van der Waals surface area contributed by atoms with E-state index in [0.29, 0.717) is 32.5 Å². The van der Waals surface area contributed by atoms with Crippen molar-refractivity contribution in [3.63, 3.8) is 0 Å². The van der Waals surface area contributed by atoms with E-state index in [2.05, 4.69) is 26.2 Å². The first kappa shape index (κ1) is 22.2. The minimum Gasteiger partial charge on any atom is -0.493 e. The molecule has 0 spiro atoms. The van der Waals surface area contributed by atoms with E-state index in [1.807, 2.05) is 11.4 Å². The lowest BCUT2D eigenvalue weighted by molar-refractivity contribution is 0.324. The van der Waals surface area contributed by atoms with E-state index in [-0.39, 0.29) is 0 Å². The highest BCUT2D eigenvalue weighted by atomic mass is 79.9. The molecule has 0 bridgehead atoms. The van der Waals surface area contributed by atoms with E-state index in [1.165, 1.54) is 34.0 Å². The summed E-state index contributed by atoms with van der Waals surface area (Å²) in [4.78, 5) is 11.0. The standard InChI is InChI=1S/C19H16BrClN4O3S3/c1-26-11-4-8(5-12(27-2)14(11)28-3)23-19-25-17(22)15(31-19)18-24-10(7-29-18)13-6-9(20)16(21)30-13/h4-7H,22H2,1-3H3,(H,23,25). The van der Waals surface area contributed by atoms with Crippen LogP contribution in [0.5, 0.6) is 17.2 Å². The Kier molecular flexibility index (Phi) is 6.58. The number of anilines is 3. The normalized spacial score (nSPS) is 10.9. The molecule has 4 aromatic rings. The number of nitrogen functional groups attached to an aromatic ring is 1. The fourth-order valence-corrected chi connectivity index (χ4v) is 6.34. The highest BCUT2D eigenvalue weighted by Crippen LogP contribution is 2.44. The van der Waals surface area contributed by atoms with Crippen LogP contribution in [0.1, 0.15) is 0 Å². The average molecular weight is 560 g/mol. The largest absolute Gasteiger partial charge is 0.493 e. The number of benzene rings is 1. The highest BCUT2D eigenvalue weighted by molar-refractivity contribution is 9.10. The first-order valence-corrected chi connectivity index (χ1v) is 12.4. The first-order valence-electron chi connectivity index (χ1n) is 8.68. The van der Waals surface area contributed by atoms with Crippen LogP contribution in [0, 0.1) is 0 Å². The molecule has 3 aromatic heterocycles. The molecule has 0 aliphatic heterocycles. The van der Waals surface area contributed by atoms with Crippen LogP contribution in [0.4, 0.5) is 16.6 Å². The van der Waals surface area contributed by atoms with Crippen LogP contribution in [0.25, 0.3) is 20.5 Å². The zero-order valence-electron chi connectivity index (χ0n) is 16.5. The summed E-state index contributed by atoms with van der Waals surface area (Å²) in [6.07, 6.45) is 0. The quantitative estimate of drug-likeness (QED) is 0.258. The number of nitrogens with zero attached hydrogens (tertiary/aromatic N) is 2. The summed E-state index contributed by atoms with van der Waals surface area (Å²) < 4.78 is 17.7. The predicted octanol–water partition coefficient (Wildman–Crippen LogP) is 6.76. The molecule has 0 unspecified atom stereocenters. The molecule has 162 valence electrons. The SMILES string of the molecule is COc1cc(Nc2nc(N)c(-c3nc(-c4cc(Br)c(Cl)s4)cs3)s2)cc(OC)c1OC. The number of ether oxygens (including phenoxy) is 3. The number of rotatable bonds is 7. The van der Waals surface area contributed by atoms with Crippen LogP contribution in [0.15, 0.2) is 28.1 Å². The Balaban J connectivity index is 1.62. The monoisotopic (exact) mass is 558 g/mol.